The van der Waals surface area contributed by atoms with Crippen LogP contribution in [0.1, 0.15) is 0 Å². The number of hydrogen-bond donors (Lipinski definition) is 2. The van der Waals surface area contributed by atoms with Crippen molar-refractivity contribution in [3.8, 4) is 28.7 Å². The first-order valence-electron chi connectivity index (χ1n) is 6.67. The Morgan fingerprint density at radius 2 is 2.17 bits per heavy atom. The van der Waals surface area contributed by atoms with E-state index in [0.29, 0.717) is 22.5 Å². The Bertz CT molecular complexity index is 828. The van der Waals surface area contributed by atoms with Crippen molar-refractivity contribution >= 4 is 17.7 Å². The van der Waals surface area contributed by atoms with Crippen molar-refractivity contribution in [3.05, 3.63) is 36.4 Å². The number of ether oxygens (including phenoxy) is 1. The number of nitrogens with one attached hydrogen (secondary N) is 1. The summed E-state index contributed by atoms with van der Waals surface area (Å²) in [7, 11) is 1.61. The van der Waals surface area contributed by atoms with Gasteiger partial charge in [-0.1, -0.05) is 23.9 Å². The molecule has 0 spiro atoms. The van der Waals surface area contributed by atoms with E-state index in [1.54, 1.807) is 13.2 Å². The normalized spacial score (nSPS) is 10.7. The molecule has 7 nitrogen and oxygen atoms in total. The molecule has 2 aromatic heterocycles. The lowest BCUT2D eigenvalue weighted by molar-refractivity contribution is -0.133. The number of carbonyl (C=O) groups is 1. The summed E-state index contributed by atoms with van der Waals surface area (Å²) in [5.41, 5.74) is 0.885. The van der Waals surface area contributed by atoms with Gasteiger partial charge in [-0.2, -0.15) is 4.98 Å². The predicted molar refractivity (Wildman–Crippen MR) is 84.4 cm³/mol. The molecule has 0 aliphatic rings. The van der Waals surface area contributed by atoms with Crippen LogP contribution in [0.5, 0.6) is 5.75 Å². The summed E-state index contributed by atoms with van der Waals surface area (Å²) in [5, 5.41) is 15.7. The molecule has 0 unspecified atom stereocenters. The van der Waals surface area contributed by atoms with Crippen LogP contribution in [0.25, 0.3) is 22.9 Å². The fraction of sp³-hybridized carbons (Fsp3) is 0.133. The van der Waals surface area contributed by atoms with Crippen LogP contribution in [0, 0.1) is 0 Å². The molecule has 1 aromatic carbocycles. The second kappa shape index (κ2) is 6.57. The number of aliphatic carboxylic acids is 1. The Hall–Kier alpha value is -2.74. The zero-order valence-electron chi connectivity index (χ0n) is 12.1. The standard InChI is InChI=1S/C15H13N3O4S/c1-21-10-4-2-3-9(7-10)11-5-6-12(22-11)14-16-15(18-17-14)23-8-13(19)20/h2-7H,8H2,1H3,(H,19,20)(H,16,17,18). The topological polar surface area (TPSA) is 101 Å². The Morgan fingerprint density at radius 3 is 2.96 bits per heavy atom. The molecule has 0 saturated heterocycles. The molecule has 0 aliphatic carbocycles. The highest BCUT2D eigenvalue weighted by atomic mass is 32.2. The van der Waals surface area contributed by atoms with E-state index in [1.807, 2.05) is 30.3 Å². The molecule has 0 bridgehead atoms. The second-order valence-corrected chi connectivity index (χ2v) is 5.49. The lowest BCUT2D eigenvalue weighted by Crippen LogP contribution is -1.97. The molecule has 118 valence electrons. The molecule has 2 heterocycles. The Kier molecular flexibility index (Phi) is 4.33. The van der Waals surface area contributed by atoms with Gasteiger partial charge in [0.25, 0.3) is 0 Å². The highest BCUT2D eigenvalue weighted by Crippen LogP contribution is 2.29. The van der Waals surface area contributed by atoms with Gasteiger partial charge in [0.05, 0.1) is 12.9 Å². The van der Waals surface area contributed by atoms with Crippen molar-refractivity contribution in [3.63, 3.8) is 0 Å². The smallest absolute Gasteiger partial charge is 0.313 e. The minimum Gasteiger partial charge on any atom is -0.497 e. The van der Waals surface area contributed by atoms with Crippen LogP contribution in [0.15, 0.2) is 46.0 Å². The number of thioether (sulfide) groups is 1. The lowest BCUT2D eigenvalue weighted by atomic mass is 10.2. The molecule has 3 rings (SSSR count). The maximum atomic E-state index is 10.5. The molecule has 0 amide bonds. The van der Waals surface area contributed by atoms with Gasteiger partial charge in [0, 0.05) is 5.56 Å². The number of hydrogen-bond acceptors (Lipinski definition) is 6. The molecule has 8 heteroatoms. The summed E-state index contributed by atoms with van der Waals surface area (Å²) >= 11 is 1.04. The van der Waals surface area contributed by atoms with Crippen LogP contribution in [0.3, 0.4) is 0 Å². The van der Waals surface area contributed by atoms with Gasteiger partial charge in [-0.25, -0.2) is 0 Å². The molecule has 23 heavy (non-hydrogen) atoms. The molecule has 2 N–H and O–H groups in total. The maximum absolute atomic E-state index is 10.5. The summed E-state index contributed by atoms with van der Waals surface area (Å²) in [4.78, 5) is 14.8. The Labute approximate surface area is 135 Å². The van der Waals surface area contributed by atoms with Crippen molar-refractivity contribution in [2.75, 3.05) is 12.9 Å². The van der Waals surface area contributed by atoms with Crippen molar-refractivity contribution < 1.29 is 19.1 Å². The summed E-state index contributed by atoms with van der Waals surface area (Å²) in [6, 6.07) is 11.1. The minimum absolute atomic E-state index is 0.0927. The van der Waals surface area contributed by atoms with Crippen molar-refractivity contribution in [1.82, 2.24) is 15.2 Å². The predicted octanol–water partition coefficient (Wildman–Crippen LogP) is 2.92. The van der Waals surface area contributed by atoms with Gasteiger partial charge in [0.2, 0.25) is 5.16 Å². The molecule has 0 saturated carbocycles. The fourth-order valence-electron chi connectivity index (χ4n) is 1.94. The highest BCUT2D eigenvalue weighted by Gasteiger charge is 2.12. The molecule has 0 radical (unpaired) electrons. The number of carboxylic acid groups (broad SMARTS) is 1. The van der Waals surface area contributed by atoms with E-state index in [2.05, 4.69) is 15.2 Å². The largest absolute Gasteiger partial charge is 0.497 e. The van der Waals surface area contributed by atoms with E-state index in [-0.39, 0.29) is 5.75 Å². The van der Waals surface area contributed by atoms with Gasteiger partial charge in [-0.05, 0) is 24.3 Å². The monoisotopic (exact) mass is 331 g/mol. The van der Waals surface area contributed by atoms with E-state index in [0.717, 1.165) is 23.1 Å². The summed E-state index contributed by atoms with van der Waals surface area (Å²) in [6.45, 7) is 0. The van der Waals surface area contributed by atoms with Gasteiger partial charge >= 0.3 is 5.97 Å². The molecule has 3 aromatic rings. The van der Waals surface area contributed by atoms with Gasteiger partial charge in [0.1, 0.15) is 11.5 Å². The number of nitrogens with zero attached hydrogens (tertiary/aromatic N) is 2. The van der Waals surface area contributed by atoms with Gasteiger partial charge < -0.3 is 14.3 Å². The van der Waals surface area contributed by atoms with Crippen LogP contribution in [-0.4, -0.2) is 39.1 Å². The fourth-order valence-corrected chi connectivity index (χ4v) is 2.46. The number of rotatable bonds is 6. The maximum Gasteiger partial charge on any atom is 0.313 e. The lowest BCUT2D eigenvalue weighted by Gasteiger charge is -2.01. The Morgan fingerprint density at radius 1 is 1.35 bits per heavy atom. The second-order valence-electron chi connectivity index (χ2n) is 4.54. The van der Waals surface area contributed by atoms with Crippen LogP contribution in [0.4, 0.5) is 0 Å². The zero-order chi connectivity index (χ0) is 16.2. The van der Waals surface area contributed by atoms with Gasteiger partial charge in [0.15, 0.2) is 11.6 Å². The number of aromatic nitrogens is 3. The molecular weight excluding hydrogens is 318 g/mol. The first-order valence-corrected chi connectivity index (χ1v) is 7.66. The molecule has 0 fully saturated rings. The highest BCUT2D eigenvalue weighted by molar-refractivity contribution is 7.99. The number of carboxylic acids is 1. The van der Waals surface area contributed by atoms with E-state index in [1.165, 1.54) is 0 Å². The minimum atomic E-state index is -0.917. The summed E-state index contributed by atoms with van der Waals surface area (Å²) in [6.07, 6.45) is 0. The third-order valence-electron chi connectivity index (χ3n) is 2.98. The van der Waals surface area contributed by atoms with Gasteiger partial charge in [-0.3, -0.25) is 9.89 Å². The van der Waals surface area contributed by atoms with Crippen molar-refractivity contribution in [2.45, 2.75) is 5.16 Å². The number of aromatic amines is 1. The zero-order valence-corrected chi connectivity index (χ0v) is 13.0. The van der Waals surface area contributed by atoms with E-state index in [4.69, 9.17) is 14.3 Å². The Balaban J connectivity index is 1.80. The molecule has 0 atom stereocenters. The van der Waals surface area contributed by atoms with Crippen LogP contribution in [0.2, 0.25) is 0 Å². The SMILES string of the molecule is COc1cccc(-c2ccc(-c3nc(SCC(=O)O)n[nH]3)o2)c1. The van der Waals surface area contributed by atoms with Gasteiger partial charge in [-0.15, -0.1) is 5.10 Å². The average Bonchev–Trinajstić information content (AvgIpc) is 3.22. The van der Waals surface area contributed by atoms with Crippen LogP contribution >= 0.6 is 11.8 Å². The quantitative estimate of drug-likeness (QED) is 0.670. The first kappa shape index (κ1) is 15.2. The number of furan rings is 1. The number of methoxy groups -OCH3 is 1. The average molecular weight is 331 g/mol. The molecule has 0 aliphatic heterocycles. The number of benzene rings is 1. The van der Waals surface area contributed by atoms with E-state index >= 15 is 0 Å². The first-order chi connectivity index (χ1) is 11.2. The summed E-state index contributed by atoms with van der Waals surface area (Å²) in [5.74, 6) is 1.39. The number of H-pyrrole nitrogens is 1. The van der Waals surface area contributed by atoms with Crippen molar-refractivity contribution in [1.29, 1.82) is 0 Å². The van der Waals surface area contributed by atoms with E-state index < -0.39 is 5.97 Å². The third kappa shape index (κ3) is 3.54. The van der Waals surface area contributed by atoms with E-state index in [9.17, 15) is 4.79 Å². The van der Waals surface area contributed by atoms with Crippen LogP contribution in [-0.2, 0) is 4.79 Å². The third-order valence-corrected chi connectivity index (χ3v) is 3.82. The van der Waals surface area contributed by atoms with Crippen molar-refractivity contribution in [2.24, 2.45) is 0 Å². The summed E-state index contributed by atoms with van der Waals surface area (Å²) < 4.78 is 11.0. The molecular formula is C15H13N3O4S. The van der Waals surface area contributed by atoms with Crippen LogP contribution < -0.4 is 4.74 Å².